The summed E-state index contributed by atoms with van der Waals surface area (Å²) >= 11 is 5.54. The van der Waals surface area contributed by atoms with E-state index >= 15 is 0 Å². The highest BCUT2D eigenvalue weighted by atomic mass is 35.5. The Balaban J connectivity index is 3.43. The number of benzene rings is 1. The Hall–Kier alpha value is -1.27. The molecule has 0 saturated carbocycles. The second kappa shape index (κ2) is 4.54. The first-order chi connectivity index (χ1) is 7.75. The molecule has 94 valence electrons. The molecule has 3 nitrogen and oxygen atoms in total. The highest BCUT2D eigenvalue weighted by Gasteiger charge is 2.61. The number of hydrogen-bond acceptors (Lipinski definition) is 2. The van der Waals surface area contributed by atoms with Crippen molar-refractivity contribution in [1.29, 1.82) is 0 Å². The highest BCUT2D eigenvalue weighted by Crippen LogP contribution is 2.41. The fourth-order valence-electron chi connectivity index (χ4n) is 1.46. The molecular formula is C10H9ClF3NO2. The molecule has 17 heavy (non-hydrogen) atoms. The molecule has 0 fully saturated rings. The zero-order valence-electron chi connectivity index (χ0n) is 8.46. The van der Waals surface area contributed by atoms with Gasteiger partial charge in [-0.05, 0) is 17.7 Å². The van der Waals surface area contributed by atoms with Crippen LogP contribution < -0.4 is 5.73 Å². The zero-order chi connectivity index (χ0) is 13.3. The van der Waals surface area contributed by atoms with Crippen molar-refractivity contribution >= 4 is 17.6 Å². The summed E-state index contributed by atoms with van der Waals surface area (Å²) in [7, 11) is 0. The summed E-state index contributed by atoms with van der Waals surface area (Å²) < 4.78 is 38.8. The largest absolute Gasteiger partial charge is 0.480 e. The Kier molecular flexibility index (Phi) is 3.68. The summed E-state index contributed by atoms with van der Waals surface area (Å²) in [6.07, 6.45) is -4.98. The molecule has 0 radical (unpaired) electrons. The van der Waals surface area contributed by atoms with E-state index in [1.165, 1.54) is 12.1 Å². The number of carboxylic acid groups (broad SMARTS) is 1. The van der Waals surface area contributed by atoms with Crippen molar-refractivity contribution in [1.82, 2.24) is 0 Å². The maximum atomic E-state index is 12.9. The molecule has 1 atom stereocenters. The molecule has 7 heteroatoms. The van der Waals surface area contributed by atoms with Crippen LogP contribution in [-0.2, 0) is 10.2 Å². The molecule has 0 bridgehead atoms. The second-order valence-electron chi connectivity index (χ2n) is 3.42. The van der Waals surface area contributed by atoms with Crippen LogP contribution in [0.4, 0.5) is 13.2 Å². The van der Waals surface area contributed by atoms with Gasteiger partial charge in [-0.1, -0.05) is 23.7 Å². The summed E-state index contributed by atoms with van der Waals surface area (Å²) in [5.74, 6) is -2.03. The first kappa shape index (κ1) is 13.8. The molecule has 1 aromatic rings. The van der Waals surface area contributed by atoms with Gasteiger partial charge >= 0.3 is 12.1 Å². The minimum atomic E-state index is -4.98. The molecule has 1 rings (SSSR count). The number of aliphatic carboxylic acids is 1. The predicted molar refractivity (Wildman–Crippen MR) is 55.9 cm³/mol. The van der Waals surface area contributed by atoms with Crippen molar-refractivity contribution < 1.29 is 23.1 Å². The van der Waals surface area contributed by atoms with Crippen LogP contribution in [-0.4, -0.2) is 23.8 Å². The average molecular weight is 268 g/mol. The highest BCUT2D eigenvalue weighted by molar-refractivity contribution is 6.30. The SMILES string of the molecule is NCC(C(=O)O)(c1ccc(Cl)cc1)C(F)(F)F. The van der Waals surface area contributed by atoms with Crippen LogP contribution >= 0.6 is 11.6 Å². The topological polar surface area (TPSA) is 63.3 Å². The third kappa shape index (κ3) is 2.23. The fourth-order valence-corrected chi connectivity index (χ4v) is 1.59. The minimum Gasteiger partial charge on any atom is -0.480 e. The number of halogens is 4. The van der Waals surface area contributed by atoms with Gasteiger partial charge in [0.05, 0.1) is 0 Å². The van der Waals surface area contributed by atoms with E-state index in [0.717, 1.165) is 12.1 Å². The van der Waals surface area contributed by atoms with Crippen molar-refractivity contribution in [2.75, 3.05) is 6.54 Å². The Labute approximate surface area is 100.0 Å². The van der Waals surface area contributed by atoms with Gasteiger partial charge in [0, 0.05) is 11.6 Å². The fraction of sp³-hybridized carbons (Fsp3) is 0.300. The minimum absolute atomic E-state index is 0.215. The van der Waals surface area contributed by atoms with Crippen LogP contribution in [0.5, 0.6) is 0 Å². The van der Waals surface area contributed by atoms with Crippen LogP contribution in [0.25, 0.3) is 0 Å². The molecule has 1 aromatic carbocycles. The van der Waals surface area contributed by atoms with E-state index in [-0.39, 0.29) is 5.02 Å². The number of alkyl halides is 3. The lowest BCUT2D eigenvalue weighted by Gasteiger charge is -2.30. The van der Waals surface area contributed by atoms with E-state index in [0.29, 0.717) is 0 Å². The smallest absolute Gasteiger partial charge is 0.410 e. The molecule has 0 amide bonds. The quantitative estimate of drug-likeness (QED) is 0.882. The van der Waals surface area contributed by atoms with E-state index in [1.807, 2.05) is 0 Å². The Morgan fingerprint density at radius 3 is 2.06 bits per heavy atom. The molecule has 0 spiro atoms. The summed E-state index contributed by atoms with van der Waals surface area (Å²) in [6.45, 7) is -1.08. The first-order valence-electron chi connectivity index (χ1n) is 4.52. The van der Waals surface area contributed by atoms with Crippen molar-refractivity contribution in [3.05, 3.63) is 34.9 Å². The molecule has 0 aliphatic heterocycles. The van der Waals surface area contributed by atoms with Gasteiger partial charge in [-0.25, -0.2) is 0 Å². The van der Waals surface area contributed by atoms with Crippen LogP contribution in [0.1, 0.15) is 5.56 Å². The van der Waals surface area contributed by atoms with Crippen molar-refractivity contribution in [2.45, 2.75) is 11.6 Å². The van der Waals surface area contributed by atoms with Gasteiger partial charge in [0.25, 0.3) is 0 Å². The van der Waals surface area contributed by atoms with E-state index in [1.54, 1.807) is 0 Å². The monoisotopic (exact) mass is 267 g/mol. The number of rotatable bonds is 3. The Bertz CT molecular complexity index is 419. The number of hydrogen-bond donors (Lipinski definition) is 2. The first-order valence-corrected chi connectivity index (χ1v) is 4.89. The van der Waals surface area contributed by atoms with Crippen molar-refractivity contribution in [2.24, 2.45) is 5.73 Å². The molecule has 0 aromatic heterocycles. The summed E-state index contributed by atoms with van der Waals surface area (Å²) in [6, 6.07) is 4.40. The van der Waals surface area contributed by atoms with Gasteiger partial charge in [0.2, 0.25) is 0 Å². The van der Waals surface area contributed by atoms with Crippen LogP contribution in [0.15, 0.2) is 24.3 Å². The maximum absolute atomic E-state index is 12.9. The maximum Gasteiger partial charge on any atom is 0.410 e. The van der Waals surface area contributed by atoms with E-state index in [2.05, 4.69) is 0 Å². The molecule has 3 N–H and O–H groups in total. The lowest BCUT2D eigenvalue weighted by atomic mass is 9.80. The van der Waals surface area contributed by atoms with Crippen LogP contribution in [0.3, 0.4) is 0 Å². The van der Waals surface area contributed by atoms with E-state index < -0.39 is 29.7 Å². The number of carboxylic acids is 1. The number of nitrogens with two attached hydrogens (primary N) is 1. The molecule has 0 aliphatic rings. The van der Waals surface area contributed by atoms with Gasteiger partial charge < -0.3 is 10.8 Å². The normalized spacial score (nSPS) is 15.4. The summed E-state index contributed by atoms with van der Waals surface area (Å²) in [4.78, 5) is 11.0. The zero-order valence-corrected chi connectivity index (χ0v) is 9.22. The van der Waals surface area contributed by atoms with Crippen molar-refractivity contribution in [3.63, 3.8) is 0 Å². The standard InChI is InChI=1S/C10H9ClF3NO2/c11-7-3-1-6(2-4-7)9(5-15,8(16)17)10(12,13)14/h1-4H,5,15H2,(H,16,17). The Morgan fingerprint density at radius 1 is 1.29 bits per heavy atom. The predicted octanol–water partition coefficient (Wildman–Crippen LogP) is 2.18. The molecule has 0 heterocycles. The lowest BCUT2D eigenvalue weighted by Crippen LogP contribution is -2.54. The van der Waals surface area contributed by atoms with E-state index in [9.17, 15) is 18.0 Å². The van der Waals surface area contributed by atoms with Gasteiger partial charge in [-0.2, -0.15) is 13.2 Å². The summed E-state index contributed by atoms with van der Waals surface area (Å²) in [5, 5.41) is 9.06. The van der Waals surface area contributed by atoms with Gasteiger partial charge in [0.15, 0.2) is 5.41 Å². The van der Waals surface area contributed by atoms with Gasteiger partial charge in [0.1, 0.15) is 0 Å². The lowest BCUT2D eigenvalue weighted by molar-refractivity contribution is -0.203. The Morgan fingerprint density at radius 2 is 1.76 bits per heavy atom. The molecule has 0 aliphatic carbocycles. The van der Waals surface area contributed by atoms with Crippen LogP contribution in [0.2, 0.25) is 5.02 Å². The second-order valence-corrected chi connectivity index (χ2v) is 3.86. The van der Waals surface area contributed by atoms with Crippen LogP contribution in [0, 0.1) is 0 Å². The average Bonchev–Trinajstić information content (AvgIpc) is 2.19. The summed E-state index contributed by atoms with van der Waals surface area (Å²) in [5.41, 5.74) is 1.49. The third-order valence-electron chi connectivity index (χ3n) is 2.49. The van der Waals surface area contributed by atoms with Crippen molar-refractivity contribution in [3.8, 4) is 0 Å². The molecule has 1 unspecified atom stereocenters. The van der Waals surface area contributed by atoms with Gasteiger partial charge in [-0.15, -0.1) is 0 Å². The van der Waals surface area contributed by atoms with E-state index in [4.69, 9.17) is 22.4 Å². The third-order valence-corrected chi connectivity index (χ3v) is 2.74. The van der Waals surface area contributed by atoms with Gasteiger partial charge in [-0.3, -0.25) is 4.79 Å². The molecular weight excluding hydrogens is 259 g/mol. The molecule has 0 saturated heterocycles. The number of carbonyl (C=O) groups is 1.